The molecule has 1 rings (SSSR count). The second-order valence-electron chi connectivity index (χ2n) is 2.20. The Kier molecular flexibility index (Phi) is 1.52. The summed E-state index contributed by atoms with van der Waals surface area (Å²) in [7, 11) is 0. The highest BCUT2D eigenvalue weighted by Gasteiger charge is 2.34. The van der Waals surface area contributed by atoms with Crippen LogP contribution >= 0.6 is 0 Å². The molecule has 0 aromatic heterocycles. The largest absolute Gasteiger partial charge is 0.309 e. The molecule has 0 N–H and O–H groups in total. The lowest BCUT2D eigenvalue weighted by molar-refractivity contribution is -0.316. The second-order valence-corrected chi connectivity index (χ2v) is 2.20. The van der Waals surface area contributed by atoms with E-state index in [1.165, 1.54) is 0 Å². The van der Waals surface area contributed by atoms with Crippen LogP contribution in [0.4, 0.5) is 0 Å². The van der Waals surface area contributed by atoms with Crippen molar-refractivity contribution in [2.45, 2.75) is 25.9 Å². The van der Waals surface area contributed by atoms with Crippen LogP contribution in [-0.2, 0) is 19.3 Å². The van der Waals surface area contributed by atoms with Gasteiger partial charge < -0.3 is 4.74 Å². The molecule has 0 aliphatic carbocycles. The third-order valence-corrected chi connectivity index (χ3v) is 0.855. The maximum absolute atomic E-state index is 9.96. The molecule has 1 heterocycles. The first kappa shape index (κ1) is 6.67. The van der Waals surface area contributed by atoms with Crippen molar-refractivity contribution in [2.24, 2.45) is 0 Å². The number of hydrogen-bond acceptors (Lipinski definition) is 4. The molecule has 0 amide bonds. The SMILES string of the molecule is CC1(C)OOC(C=O)O1. The van der Waals surface area contributed by atoms with Crippen LogP contribution in [0.25, 0.3) is 0 Å². The Balaban J connectivity index is 2.47. The zero-order valence-corrected chi connectivity index (χ0v) is 5.29. The number of hydrogen-bond donors (Lipinski definition) is 0. The minimum absolute atomic E-state index is 0.536. The van der Waals surface area contributed by atoms with E-state index in [1.54, 1.807) is 13.8 Å². The summed E-state index contributed by atoms with van der Waals surface area (Å²) in [4.78, 5) is 19.0. The highest BCUT2D eigenvalue weighted by molar-refractivity contribution is 5.53. The van der Waals surface area contributed by atoms with Crippen molar-refractivity contribution in [3.8, 4) is 0 Å². The van der Waals surface area contributed by atoms with Gasteiger partial charge in [0.2, 0.25) is 6.29 Å². The van der Waals surface area contributed by atoms with Gasteiger partial charge in [0.1, 0.15) is 0 Å². The molecule has 1 saturated heterocycles. The highest BCUT2D eigenvalue weighted by atomic mass is 17.3. The average Bonchev–Trinajstić information content (AvgIpc) is 2.10. The van der Waals surface area contributed by atoms with Crippen molar-refractivity contribution < 1.29 is 19.3 Å². The van der Waals surface area contributed by atoms with E-state index < -0.39 is 12.1 Å². The van der Waals surface area contributed by atoms with E-state index in [4.69, 9.17) is 4.74 Å². The lowest BCUT2D eigenvalue weighted by Crippen LogP contribution is -2.21. The fourth-order valence-corrected chi connectivity index (χ4v) is 0.533. The quantitative estimate of drug-likeness (QED) is 0.378. The predicted molar refractivity (Wildman–Crippen MR) is 27.2 cm³/mol. The molecule has 0 radical (unpaired) electrons. The molecule has 1 atom stereocenters. The van der Waals surface area contributed by atoms with Crippen molar-refractivity contribution >= 4 is 6.29 Å². The fourth-order valence-electron chi connectivity index (χ4n) is 0.533. The molecule has 1 aliphatic heterocycles. The van der Waals surface area contributed by atoms with Gasteiger partial charge in [-0.2, -0.15) is 9.78 Å². The van der Waals surface area contributed by atoms with Crippen LogP contribution in [0, 0.1) is 0 Å². The van der Waals surface area contributed by atoms with Gasteiger partial charge in [-0.3, -0.25) is 4.79 Å². The molecule has 0 aromatic carbocycles. The number of ether oxygens (including phenoxy) is 1. The minimum atomic E-state index is -0.861. The molecular weight excluding hydrogens is 124 g/mol. The molecule has 1 fully saturated rings. The van der Waals surface area contributed by atoms with Crippen LogP contribution in [0.3, 0.4) is 0 Å². The minimum Gasteiger partial charge on any atom is -0.309 e. The Bertz CT molecular complexity index is 120. The van der Waals surface area contributed by atoms with Gasteiger partial charge in [0, 0.05) is 0 Å². The first-order valence-corrected chi connectivity index (χ1v) is 2.62. The summed E-state index contributed by atoms with van der Waals surface area (Å²) in [5, 5.41) is 0. The Hall–Kier alpha value is -0.450. The molecule has 9 heavy (non-hydrogen) atoms. The second kappa shape index (κ2) is 2.06. The van der Waals surface area contributed by atoms with Crippen LogP contribution < -0.4 is 0 Å². The van der Waals surface area contributed by atoms with Gasteiger partial charge in [0.15, 0.2) is 12.1 Å². The summed E-state index contributed by atoms with van der Waals surface area (Å²) < 4.78 is 4.89. The summed E-state index contributed by atoms with van der Waals surface area (Å²) in [6, 6.07) is 0. The third kappa shape index (κ3) is 1.48. The fraction of sp³-hybridized carbons (Fsp3) is 0.800. The Morgan fingerprint density at radius 2 is 2.22 bits per heavy atom. The molecule has 4 heteroatoms. The van der Waals surface area contributed by atoms with E-state index in [2.05, 4.69) is 9.78 Å². The van der Waals surface area contributed by atoms with Gasteiger partial charge in [-0.15, -0.1) is 0 Å². The number of carbonyl (C=O) groups excluding carboxylic acids is 1. The van der Waals surface area contributed by atoms with Gasteiger partial charge in [0.25, 0.3) is 0 Å². The predicted octanol–water partition coefficient (Wildman–Crippen LogP) is 0.226. The Labute approximate surface area is 52.6 Å². The number of carbonyl (C=O) groups is 1. The summed E-state index contributed by atoms with van der Waals surface area (Å²) >= 11 is 0. The Morgan fingerprint density at radius 3 is 2.44 bits per heavy atom. The van der Waals surface area contributed by atoms with E-state index in [1.807, 2.05) is 0 Å². The Morgan fingerprint density at radius 1 is 1.56 bits per heavy atom. The molecule has 4 nitrogen and oxygen atoms in total. The van der Waals surface area contributed by atoms with Crippen molar-refractivity contribution in [3.05, 3.63) is 0 Å². The standard InChI is InChI=1S/C5H8O4/c1-5(2)7-4(3-6)8-9-5/h3-4H,1-2H3. The van der Waals surface area contributed by atoms with Crippen molar-refractivity contribution in [3.63, 3.8) is 0 Å². The summed E-state index contributed by atoms with van der Waals surface area (Å²) in [6.45, 7) is 3.33. The maximum Gasteiger partial charge on any atom is 0.250 e. The zero-order chi connectivity index (χ0) is 6.91. The first-order valence-electron chi connectivity index (χ1n) is 2.62. The highest BCUT2D eigenvalue weighted by Crippen LogP contribution is 2.21. The number of rotatable bonds is 1. The van der Waals surface area contributed by atoms with Crippen molar-refractivity contribution in [2.75, 3.05) is 0 Å². The van der Waals surface area contributed by atoms with E-state index in [9.17, 15) is 4.79 Å². The molecule has 1 unspecified atom stereocenters. The van der Waals surface area contributed by atoms with Crippen LogP contribution in [0.1, 0.15) is 13.8 Å². The molecule has 1 aliphatic rings. The summed E-state index contributed by atoms with van der Waals surface area (Å²) in [5.74, 6) is -0.786. The maximum atomic E-state index is 9.96. The number of aldehydes is 1. The third-order valence-electron chi connectivity index (χ3n) is 0.855. The van der Waals surface area contributed by atoms with Crippen LogP contribution in [0.15, 0.2) is 0 Å². The molecule has 0 saturated carbocycles. The monoisotopic (exact) mass is 132 g/mol. The lowest BCUT2D eigenvalue weighted by Gasteiger charge is -2.10. The molecular formula is C5H8O4. The van der Waals surface area contributed by atoms with E-state index in [0.29, 0.717) is 6.29 Å². The zero-order valence-electron chi connectivity index (χ0n) is 5.29. The normalized spacial score (nSPS) is 32.4. The van der Waals surface area contributed by atoms with Gasteiger partial charge in [-0.25, -0.2) is 0 Å². The van der Waals surface area contributed by atoms with Crippen LogP contribution in [0.5, 0.6) is 0 Å². The van der Waals surface area contributed by atoms with Gasteiger partial charge in [-0.05, 0) is 13.8 Å². The average molecular weight is 132 g/mol. The van der Waals surface area contributed by atoms with Crippen molar-refractivity contribution in [1.29, 1.82) is 0 Å². The van der Waals surface area contributed by atoms with E-state index >= 15 is 0 Å². The van der Waals surface area contributed by atoms with Gasteiger partial charge >= 0.3 is 0 Å². The van der Waals surface area contributed by atoms with Gasteiger partial charge in [-0.1, -0.05) is 0 Å². The first-order chi connectivity index (χ1) is 4.14. The lowest BCUT2D eigenvalue weighted by atomic mass is 10.4. The van der Waals surface area contributed by atoms with Crippen molar-refractivity contribution in [1.82, 2.24) is 0 Å². The summed E-state index contributed by atoms with van der Waals surface area (Å²) in [5.41, 5.74) is 0. The van der Waals surface area contributed by atoms with Gasteiger partial charge in [0.05, 0.1) is 0 Å². The van der Waals surface area contributed by atoms with Crippen LogP contribution in [-0.4, -0.2) is 18.4 Å². The van der Waals surface area contributed by atoms with Crippen LogP contribution in [0.2, 0.25) is 0 Å². The summed E-state index contributed by atoms with van der Waals surface area (Å²) in [6.07, 6.45) is -0.325. The molecule has 0 bridgehead atoms. The molecule has 0 aromatic rings. The van der Waals surface area contributed by atoms with E-state index in [-0.39, 0.29) is 0 Å². The molecule has 0 spiro atoms. The smallest absolute Gasteiger partial charge is 0.250 e. The molecule has 52 valence electrons. The topological polar surface area (TPSA) is 44.8 Å². The van der Waals surface area contributed by atoms with E-state index in [0.717, 1.165) is 0 Å².